The third kappa shape index (κ3) is 3.60. The van der Waals surface area contributed by atoms with Gasteiger partial charge in [0.2, 0.25) is 6.79 Å². The van der Waals surface area contributed by atoms with E-state index in [-0.39, 0.29) is 19.0 Å². The van der Waals surface area contributed by atoms with E-state index in [1.165, 1.54) is 25.5 Å². The van der Waals surface area contributed by atoms with E-state index in [2.05, 4.69) is 15.3 Å². The summed E-state index contributed by atoms with van der Waals surface area (Å²) in [5.74, 6) is 0.207. The van der Waals surface area contributed by atoms with Crippen molar-refractivity contribution in [1.82, 2.24) is 15.3 Å². The van der Waals surface area contributed by atoms with Gasteiger partial charge in [-0.1, -0.05) is 6.07 Å². The van der Waals surface area contributed by atoms with Gasteiger partial charge in [-0.3, -0.25) is 9.78 Å². The number of nitrogens with one attached hydrogen (secondary N) is 1. The number of amides is 1. The largest absolute Gasteiger partial charge is 0.454 e. The molecule has 2 aromatic rings. The third-order valence-corrected chi connectivity index (χ3v) is 3.33. The fourth-order valence-electron chi connectivity index (χ4n) is 2.06. The summed E-state index contributed by atoms with van der Waals surface area (Å²) >= 11 is 0. The molecule has 3 rings (SSSR count). The Kier molecular flexibility index (Phi) is 4.55. The van der Waals surface area contributed by atoms with Crippen molar-refractivity contribution in [3.05, 3.63) is 48.0 Å². The van der Waals surface area contributed by atoms with E-state index in [4.69, 9.17) is 14.2 Å². The first kappa shape index (κ1) is 15.7. The summed E-state index contributed by atoms with van der Waals surface area (Å²) < 4.78 is 15.6. The topological polar surface area (TPSA) is 99.6 Å². The molecule has 1 aromatic carbocycles. The van der Waals surface area contributed by atoms with Crippen molar-refractivity contribution in [1.29, 1.82) is 0 Å². The average Bonchev–Trinajstić information content (AvgIpc) is 3.08. The normalized spacial score (nSPS) is 13.2. The highest BCUT2D eigenvalue weighted by molar-refractivity contribution is 5.90. The number of aromatic nitrogens is 2. The van der Waals surface area contributed by atoms with Gasteiger partial charge >= 0.3 is 5.97 Å². The Bertz CT molecular complexity index is 751. The van der Waals surface area contributed by atoms with E-state index in [9.17, 15) is 9.59 Å². The Morgan fingerprint density at radius 3 is 2.92 bits per heavy atom. The summed E-state index contributed by atoms with van der Waals surface area (Å²) in [4.78, 5) is 31.5. The van der Waals surface area contributed by atoms with Gasteiger partial charge in [0.1, 0.15) is 0 Å². The lowest BCUT2D eigenvalue weighted by molar-refractivity contribution is -0.129. The molecule has 1 aromatic heterocycles. The molecule has 0 spiro atoms. The molecular weight excluding hydrogens is 314 g/mol. The standard InChI is InChI=1S/C16H15N3O5/c1-10(24-16(21)12-8-17-4-5-18-12)15(20)19-7-11-2-3-13-14(6-11)23-9-22-13/h2-6,8,10H,7,9H2,1H3,(H,19,20)/t10-/m1/s1. The third-order valence-electron chi connectivity index (χ3n) is 3.33. The highest BCUT2D eigenvalue weighted by Crippen LogP contribution is 2.32. The highest BCUT2D eigenvalue weighted by Gasteiger charge is 2.20. The Balaban J connectivity index is 1.52. The monoisotopic (exact) mass is 329 g/mol. The molecule has 0 fully saturated rings. The molecule has 0 saturated heterocycles. The summed E-state index contributed by atoms with van der Waals surface area (Å²) in [5.41, 5.74) is 0.896. The minimum Gasteiger partial charge on any atom is -0.454 e. The summed E-state index contributed by atoms with van der Waals surface area (Å²) in [7, 11) is 0. The van der Waals surface area contributed by atoms with Crippen LogP contribution in [0.3, 0.4) is 0 Å². The number of fused-ring (bicyclic) bond motifs is 1. The Morgan fingerprint density at radius 2 is 2.12 bits per heavy atom. The average molecular weight is 329 g/mol. The van der Waals surface area contributed by atoms with Crippen LogP contribution in [0.5, 0.6) is 11.5 Å². The lowest BCUT2D eigenvalue weighted by atomic mass is 10.2. The van der Waals surface area contributed by atoms with Gasteiger partial charge in [-0.2, -0.15) is 0 Å². The Hall–Kier alpha value is -3.16. The fraction of sp³-hybridized carbons (Fsp3) is 0.250. The van der Waals surface area contributed by atoms with Crippen molar-refractivity contribution in [2.75, 3.05) is 6.79 Å². The lowest BCUT2D eigenvalue weighted by Gasteiger charge is -2.13. The van der Waals surface area contributed by atoms with Crippen molar-refractivity contribution in [2.45, 2.75) is 19.6 Å². The van der Waals surface area contributed by atoms with E-state index in [1.807, 2.05) is 6.07 Å². The fourth-order valence-corrected chi connectivity index (χ4v) is 2.06. The van der Waals surface area contributed by atoms with Gasteiger partial charge in [-0.15, -0.1) is 0 Å². The number of esters is 1. The van der Waals surface area contributed by atoms with Gasteiger partial charge in [0, 0.05) is 18.9 Å². The second-order valence-corrected chi connectivity index (χ2v) is 5.04. The van der Waals surface area contributed by atoms with Gasteiger partial charge in [0.05, 0.1) is 6.20 Å². The first-order chi connectivity index (χ1) is 11.6. The molecule has 0 radical (unpaired) electrons. The molecule has 1 amide bonds. The molecule has 0 unspecified atom stereocenters. The number of hydrogen-bond acceptors (Lipinski definition) is 7. The predicted molar refractivity (Wildman–Crippen MR) is 81.3 cm³/mol. The number of nitrogens with zero attached hydrogens (tertiary/aromatic N) is 2. The first-order valence-electron chi connectivity index (χ1n) is 7.27. The van der Waals surface area contributed by atoms with Crippen LogP contribution in [-0.4, -0.2) is 34.7 Å². The molecule has 8 heteroatoms. The molecule has 0 saturated carbocycles. The van der Waals surface area contributed by atoms with E-state index in [0.717, 1.165) is 5.56 Å². The number of ether oxygens (including phenoxy) is 3. The van der Waals surface area contributed by atoms with Crippen molar-refractivity contribution >= 4 is 11.9 Å². The molecule has 0 bridgehead atoms. The summed E-state index contributed by atoms with van der Waals surface area (Å²) in [6, 6.07) is 5.39. The van der Waals surface area contributed by atoms with E-state index < -0.39 is 18.0 Å². The lowest BCUT2D eigenvalue weighted by Crippen LogP contribution is -2.35. The van der Waals surface area contributed by atoms with Crippen LogP contribution in [0.2, 0.25) is 0 Å². The number of carbonyl (C=O) groups excluding carboxylic acids is 2. The van der Waals surface area contributed by atoms with Crippen molar-refractivity contribution in [3.8, 4) is 11.5 Å². The van der Waals surface area contributed by atoms with Gasteiger partial charge < -0.3 is 19.5 Å². The second-order valence-electron chi connectivity index (χ2n) is 5.04. The summed E-state index contributed by atoms with van der Waals surface area (Å²) in [6.45, 7) is 1.96. The molecule has 1 N–H and O–H groups in total. The molecule has 2 heterocycles. The zero-order valence-corrected chi connectivity index (χ0v) is 12.9. The Morgan fingerprint density at radius 1 is 1.29 bits per heavy atom. The molecule has 1 aliphatic heterocycles. The van der Waals surface area contributed by atoms with Crippen molar-refractivity contribution in [2.24, 2.45) is 0 Å². The van der Waals surface area contributed by atoms with Crippen LogP contribution in [0.1, 0.15) is 23.0 Å². The number of rotatable bonds is 5. The van der Waals surface area contributed by atoms with E-state index in [1.54, 1.807) is 12.1 Å². The smallest absolute Gasteiger partial charge is 0.359 e. The Labute approximate surface area is 137 Å². The maximum atomic E-state index is 12.0. The molecule has 8 nitrogen and oxygen atoms in total. The minimum atomic E-state index is -0.950. The van der Waals surface area contributed by atoms with Crippen LogP contribution in [-0.2, 0) is 16.1 Å². The van der Waals surface area contributed by atoms with Crippen LogP contribution in [0.4, 0.5) is 0 Å². The summed E-state index contributed by atoms with van der Waals surface area (Å²) in [5, 5.41) is 2.70. The van der Waals surface area contributed by atoms with E-state index >= 15 is 0 Å². The summed E-state index contributed by atoms with van der Waals surface area (Å²) in [6.07, 6.45) is 3.15. The van der Waals surface area contributed by atoms with Crippen LogP contribution >= 0.6 is 0 Å². The molecule has 1 atom stereocenters. The second kappa shape index (κ2) is 6.95. The zero-order chi connectivity index (χ0) is 16.9. The van der Waals surface area contributed by atoms with E-state index in [0.29, 0.717) is 11.5 Å². The zero-order valence-electron chi connectivity index (χ0n) is 12.9. The number of carbonyl (C=O) groups is 2. The number of benzene rings is 1. The first-order valence-corrected chi connectivity index (χ1v) is 7.27. The van der Waals surface area contributed by atoms with Gasteiger partial charge in [-0.25, -0.2) is 9.78 Å². The van der Waals surface area contributed by atoms with Crippen LogP contribution in [0.15, 0.2) is 36.8 Å². The van der Waals surface area contributed by atoms with Gasteiger partial charge in [0.25, 0.3) is 5.91 Å². The molecule has 1 aliphatic rings. The molecule has 0 aliphatic carbocycles. The van der Waals surface area contributed by atoms with Crippen LogP contribution < -0.4 is 14.8 Å². The van der Waals surface area contributed by atoms with Crippen LogP contribution in [0.25, 0.3) is 0 Å². The highest BCUT2D eigenvalue weighted by atomic mass is 16.7. The van der Waals surface area contributed by atoms with Crippen molar-refractivity contribution in [3.63, 3.8) is 0 Å². The SMILES string of the molecule is C[C@@H](OC(=O)c1cnccn1)C(=O)NCc1ccc2c(c1)OCO2. The maximum absolute atomic E-state index is 12.0. The van der Waals surface area contributed by atoms with Gasteiger partial charge in [-0.05, 0) is 24.6 Å². The van der Waals surface area contributed by atoms with Crippen molar-refractivity contribution < 1.29 is 23.8 Å². The van der Waals surface area contributed by atoms with Gasteiger partial charge in [0.15, 0.2) is 23.3 Å². The number of hydrogen-bond donors (Lipinski definition) is 1. The predicted octanol–water partition coefficient (Wildman–Crippen LogP) is 1.07. The molecule has 24 heavy (non-hydrogen) atoms. The van der Waals surface area contributed by atoms with Crippen LogP contribution in [0, 0.1) is 0 Å². The quantitative estimate of drug-likeness (QED) is 0.819. The maximum Gasteiger partial charge on any atom is 0.359 e. The minimum absolute atomic E-state index is 0.0490. The molecule has 124 valence electrons. The molecular formula is C16H15N3O5.